The molecule has 1 unspecified atom stereocenters. The third-order valence-corrected chi connectivity index (χ3v) is 1.69. The summed E-state index contributed by atoms with van der Waals surface area (Å²) in [5.41, 5.74) is 0. The fraction of sp³-hybridized carbons (Fsp3) is 0.900. The monoisotopic (exact) mass is 203 g/mol. The molecule has 0 amide bonds. The maximum atomic E-state index is 10.8. The molecule has 0 radical (unpaired) electrons. The average Bonchev–Trinajstić information content (AvgIpc) is 2.00. The van der Waals surface area contributed by atoms with E-state index in [9.17, 15) is 4.79 Å². The van der Waals surface area contributed by atoms with E-state index >= 15 is 0 Å². The van der Waals surface area contributed by atoms with Crippen LogP contribution in [0.4, 0.5) is 0 Å². The van der Waals surface area contributed by atoms with Crippen LogP contribution in [0.5, 0.6) is 0 Å². The van der Waals surface area contributed by atoms with Crippen molar-refractivity contribution in [2.75, 3.05) is 6.61 Å². The number of rotatable bonds is 7. The summed E-state index contributed by atoms with van der Waals surface area (Å²) in [7, 11) is 0. The van der Waals surface area contributed by atoms with Crippen LogP contribution in [-0.2, 0) is 9.53 Å². The van der Waals surface area contributed by atoms with Crippen molar-refractivity contribution in [3.05, 3.63) is 0 Å². The van der Waals surface area contributed by atoms with Crippen molar-refractivity contribution in [3.8, 4) is 0 Å². The van der Waals surface area contributed by atoms with Gasteiger partial charge in [-0.25, -0.2) is 0 Å². The Labute approximate surface area is 85.6 Å². The molecule has 0 fully saturated rings. The molecule has 0 aromatic heterocycles. The Hall–Kier alpha value is -0.610. The number of nitrogens with one attached hydrogen (secondary N) is 1. The van der Waals surface area contributed by atoms with Crippen LogP contribution in [0.2, 0.25) is 0 Å². The highest BCUT2D eigenvalue weighted by molar-refractivity contribution is 5.73. The summed E-state index contributed by atoms with van der Waals surface area (Å²) in [4.78, 5) is 10.8. The Bertz CT molecular complexity index is 169. The lowest BCUT2D eigenvalue weighted by Crippen LogP contribution is -2.41. The van der Waals surface area contributed by atoms with Gasteiger partial charge in [0, 0.05) is 12.6 Å². The smallest absolute Gasteiger partial charge is 0.320 e. The van der Waals surface area contributed by atoms with Crippen LogP contribution in [0.15, 0.2) is 0 Å². The van der Waals surface area contributed by atoms with E-state index in [2.05, 4.69) is 5.32 Å². The fourth-order valence-electron chi connectivity index (χ4n) is 1.10. The quantitative estimate of drug-likeness (QED) is 0.654. The van der Waals surface area contributed by atoms with Crippen molar-refractivity contribution in [2.24, 2.45) is 0 Å². The van der Waals surface area contributed by atoms with E-state index in [0.717, 1.165) is 0 Å². The molecule has 0 aliphatic rings. The summed E-state index contributed by atoms with van der Waals surface area (Å²) in [6.07, 6.45) is 0.662. The van der Waals surface area contributed by atoms with E-state index in [1.54, 1.807) is 0 Å². The predicted molar refractivity (Wildman–Crippen MR) is 55.4 cm³/mol. The van der Waals surface area contributed by atoms with Crippen molar-refractivity contribution in [3.63, 3.8) is 0 Å². The first-order valence-electron chi connectivity index (χ1n) is 5.04. The fourth-order valence-corrected chi connectivity index (χ4v) is 1.10. The van der Waals surface area contributed by atoms with Gasteiger partial charge in [0.25, 0.3) is 0 Å². The SMILES string of the molecule is CC(C)NC(CCOC(C)C)C(=O)O. The van der Waals surface area contributed by atoms with Crippen molar-refractivity contribution in [2.45, 2.75) is 52.3 Å². The van der Waals surface area contributed by atoms with Crippen LogP contribution in [0, 0.1) is 0 Å². The van der Waals surface area contributed by atoms with Gasteiger partial charge >= 0.3 is 5.97 Å². The summed E-state index contributed by atoms with van der Waals surface area (Å²) in [6.45, 7) is 8.21. The topological polar surface area (TPSA) is 58.6 Å². The first-order valence-corrected chi connectivity index (χ1v) is 5.04. The number of carboxylic acids is 1. The van der Waals surface area contributed by atoms with Gasteiger partial charge in [-0.05, 0) is 20.3 Å². The average molecular weight is 203 g/mol. The minimum absolute atomic E-state index is 0.156. The summed E-state index contributed by atoms with van der Waals surface area (Å²) in [5.74, 6) is -0.814. The molecule has 4 nitrogen and oxygen atoms in total. The van der Waals surface area contributed by atoms with Gasteiger partial charge in [0.15, 0.2) is 0 Å². The molecular formula is C10H21NO3. The lowest BCUT2D eigenvalue weighted by Gasteiger charge is -2.17. The maximum Gasteiger partial charge on any atom is 0.320 e. The largest absolute Gasteiger partial charge is 0.480 e. The van der Waals surface area contributed by atoms with Crippen molar-refractivity contribution in [1.29, 1.82) is 0 Å². The van der Waals surface area contributed by atoms with Crippen molar-refractivity contribution in [1.82, 2.24) is 5.32 Å². The van der Waals surface area contributed by atoms with Gasteiger partial charge in [-0.3, -0.25) is 4.79 Å². The minimum atomic E-state index is -0.814. The molecule has 2 N–H and O–H groups in total. The van der Waals surface area contributed by atoms with Gasteiger partial charge in [0.05, 0.1) is 6.10 Å². The molecule has 0 aromatic carbocycles. The van der Waals surface area contributed by atoms with E-state index in [4.69, 9.17) is 9.84 Å². The normalized spacial score (nSPS) is 13.6. The first-order chi connectivity index (χ1) is 6.43. The molecule has 84 valence electrons. The Kier molecular flexibility index (Phi) is 6.49. The molecule has 0 heterocycles. The summed E-state index contributed by atoms with van der Waals surface area (Å²) in [5, 5.41) is 11.8. The lowest BCUT2D eigenvalue weighted by atomic mass is 10.2. The number of carbonyl (C=O) groups is 1. The summed E-state index contributed by atoms with van der Waals surface area (Å²) >= 11 is 0. The van der Waals surface area contributed by atoms with Crippen LogP contribution in [0.3, 0.4) is 0 Å². The molecule has 0 aliphatic carbocycles. The Morgan fingerprint density at radius 3 is 2.29 bits per heavy atom. The zero-order chi connectivity index (χ0) is 11.1. The standard InChI is InChI=1S/C10H21NO3/c1-7(2)11-9(10(12)13)5-6-14-8(3)4/h7-9,11H,5-6H2,1-4H3,(H,12,13). The number of carboxylic acid groups (broad SMARTS) is 1. The van der Waals surface area contributed by atoms with Crippen LogP contribution in [0.25, 0.3) is 0 Å². The Morgan fingerprint density at radius 1 is 1.36 bits per heavy atom. The van der Waals surface area contributed by atoms with Crippen LogP contribution < -0.4 is 5.32 Å². The molecule has 0 bridgehead atoms. The van der Waals surface area contributed by atoms with Crippen molar-refractivity contribution >= 4 is 5.97 Å². The Morgan fingerprint density at radius 2 is 1.93 bits per heavy atom. The molecule has 0 aromatic rings. The van der Waals surface area contributed by atoms with Gasteiger partial charge in [0.1, 0.15) is 6.04 Å². The van der Waals surface area contributed by atoms with E-state index in [-0.39, 0.29) is 12.1 Å². The zero-order valence-electron chi connectivity index (χ0n) is 9.41. The van der Waals surface area contributed by atoms with Gasteiger partial charge < -0.3 is 15.2 Å². The molecular weight excluding hydrogens is 182 g/mol. The van der Waals surface area contributed by atoms with Crippen molar-refractivity contribution < 1.29 is 14.6 Å². The highest BCUT2D eigenvalue weighted by Gasteiger charge is 2.17. The summed E-state index contributed by atoms with van der Waals surface area (Å²) < 4.78 is 5.30. The van der Waals surface area contributed by atoms with Crippen LogP contribution in [-0.4, -0.2) is 35.9 Å². The molecule has 0 saturated heterocycles. The van der Waals surface area contributed by atoms with Crippen LogP contribution in [0.1, 0.15) is 34.1 Å². The minimum Gasteiger partial charge on any atom is -0.480 e. The van der Waals surface area contributed by atoms with E-state index in [0.29, 0.717) is 13.0 Å². The number of ether oxygens (including phenoxy) is 1. The van der Waals surface area contributed by atoms with Crippen LogP contribution >= 0.6 is 0 Å². The van der Waals surface area contributed by atoms with Gasteiger partial charge in [-0.1, -0.05) is 13.8 Å². The predicted octanol–water partition coefficient (Wildman–Crippen LogP) is 1.25. The lowest BCUT2D eigenvalue weighted by molar-refractivity contribution is -0.140. The molecule has 0 aliphatic heterocycles. The first kappa shape index (κ1) is 13.4. The number of hydrogen-bond donors (Lipinski definition) is 2. The van der Waals surface area contributed by atoms with Gasteiger partial charge in [-0.15, -0.1) is 0 Å². The molecule has 0 spiro atoms. The van der Waals surface area contributed by atoms with E-state index in [1.165, 1.54) is 0 Å². The molecule has 14 heavy (non-hydrogen) atoms. The highest BCUT2D eigenvalue weighted by atomic mass is 16.5. The second kappa shape index (κ2) is 6.79. The third-order valence-electron chi connectivity index (χ3n) is 1.69. The zero-order valence-corrected chi connectivity index (χ0v) is 9.41. The molecule has 0 rings (SSSR count). The number of aliphatic carboxylic acids is 1. The second-order valence-electron chi connectivity index (χ2n) is 3.92. The van der Waals surface area contributed by atoms with Gasteiger partial charge in [-0.2, -0.15) is 0 Å². The van der Waals surface area contributed by atoms with Gasteiger partial charge in [0.2, 0.25) is 0 Å². The second-order valence-corrected chi connectivity index (χ2v) is 3.92. The number of hydrogen-bond acceptors (Lipinski definition) is 3. The van der Waals surface area contributed by atoms with E-state index < -0.39 is 12.0 Å². The molecule has 0 saturated carbocycles. The Balaban J connectivity index is 3.80. The maximum absolute atomic E-state index is 10.8. The third kappa shape index (κ3) is 6.86. The molecule has 1 atom stereocenters. The van der Waals surface area contributed by atoms with E-state index in [1.807, 2.05) is 27.7 Å². The highest BCUT2D eigenvalue weighted by Crippen LogP contribution is 1.98. The molecule has 4 heteroatoms. The summed E-state index contributed by atoms with van der Waals surface area (Å²) in [6, 6.07) is -0.330.